The van der Waals surface area contributed by atoms with E-state index >= 15 is 0 Å². The van der Waals surface area contributed by atoms with Crippen molar-refractivity contribution in [2.45, 2.75) is 32.8 Å². The van der Waals surface area contributed by atoms with E-state index in [0.29, 0.717) is 18.9 Å². The van der Waals surface area contributed by atoms with Gasteiger partial charge in [-0.05, 0) is 26.2 Å². The van der Waals surface area contributed by atoms with Gasteiger partial charge in [-0.1, -0.05) is 0 Å². The molecule has 1 fully saturated rings. The van der Waals surface area contributed by atoms with Crippen molar-refractivity contribution in [2.24, 2.45) is 5.92 Å². The summed E-state index contributed by atoms with van der Waals surface area (Å²) >= 11 is 0. The van der Waals surface area contributed by atoms with Crippen LogP contribution in [0.1, 0.15) is 26.7 Å². The maximum absolute atomic E-state index is 11.1. The molecule has 1 heterocycles. The first kappa shape index (κ1) is 9.52. The molecule has 12 heavy (non-hydrogen) atoms. The SMILES string of the molecule is CCOC(=O)CC1CCOC1C. The smallest absolute Gasteiger partial charge is 0.306 e. The van der Waals surface area contributed by atoms with Crippen LogP contribution in [0.2, 0.25) is 0 Å². The second kappa shape index (κ2) is 4.45. The van der Waals surface area contributed by atoms with E-state index in [9.17, 15) is 4.79 Å². The second-order valence-corrected chi connectivity index (χ2v) is 3.13. The Balaban J connectivity index is 2.25. The summed E-state index contributed by atoms with van der Waals surface area (Å²) in [6.45, 7) is 5.09. The van der Waals surface area contributed by atoms with E-state index < -0.39 is 0 Å². The molecule has 0 amide bonds. The average molecular weight is 172 g/mol. The Kier molecular flexibility index (Phi) is 3.53. The molecule has 3 heteroatoms. The van der Waals surface area contributed by atoms with Crippen LogP contribution in [-0.4, -0.2) is 25.3 Å². The summed E-state index contributed by atoms with van der Waals surface area (Å²) in [5, 5.41) is 0. The Morgan fingerprint density at radius 3 is 2.92 bits per heavy atom. The van der Waals surface area contributed by atoms with Gasteiger partial charge in [-0.3, -0.25) is 4.79 Å². The van der Waals surface area contributed by atoms with E-state index in [0.717, 1.165) is 13.0 Å². The van der Waals surface area contributed by atoms with Crippen LogP contribution in [0, 0.1) is 5.92 Å². The van der Waals surface area contributed by atoms with Gasteiger partial charge in [0.2, 0.25) is 0 Å². The molecule has 1 aliphatic heterocycles. The van der Waals surface area contributed by atoms with Gasteiger partial charge in [-0.2, -0.15) is 0 Å². The molecule has 2 atom stereocenters. The Labute approximate surface area is 73.0 Å². The van der Waals surface area contributed by atoms with Gasteiger partial charge < -0.3 is 9.47 Å². The molecule has 2 unspecified atom stereocenters. The van der Waals surface area contributed by atoms with Crippen LogP contribution in [0.4, 0.5) is 0 Å². The highest BCUT2D eigenvalue weighted by Crippen LogP contribution is 2.23. The summed E-state index contributed by atoms with van der Waals surface area (Å²) < 4.78 is 10.2. The highest BCUT2D eigenvalue weighted by molar-refractivity contribution is 5.69. The number of hydrogen-bond acceptors (Lipinski definition) is 3. The number of hydrogen-bond donors (Lipinski definition) is 0. The lowest BCUT2D eigenvalue weighted by Gasteiger charge is -2.12. The molecule has 3 nitrogen and oxygen atoms in total. The van der Waals surface area contributed by atoms with Crippen LogP contribution in [0.15, 0.2) is 0 Å². The predicted octanol–water partition coefficient (Wildman–Crippen LogP) is 1.36. The fraction of sp³-hybridized carbons (Fsp3) is 0.889. The summed E-state index contributed by atoms with van der Waals surface area (Å²) in [5.74, 6) is 0.267. The molecule has 1 rings (SSSR count). The standard InChI is InChI=1S/C9H16O3/c1-3-11-9(10)6-8-4-5-12-7(8)2/h7-8H,3-6H2,1-2H3. The molecule has 0 aromatic heterocycles. The Morgan fingerprint density at radius 2 is 2.42 bits per heavy atom. The van der Waals surface area contributed by atoms with Crippen LogP contribution in [0.5, 0.6) is 0 Å². The molecule has 1 aliphatic rings. The molecule has 0 spiro atoms. The van der Waals surface area contributed by atoms with Crippen LogP contribution < -0.4 is 0 Å². The van der Waals surface area contributed by atoms with Crippen LogP contribution in [0.3, 0.4) is 0 Å². The van der Waals surface area contributed by atoms with Crippen molar-refractivity contribution in [3.8, 4) is 0 Å². The predicted molar refractivity (Wildman–Crippen MR) is 44.8 cm³/mol. The van der Waals surface area contributed by atoms with Gasteiger partial charge in [0.25, 0.3) is 0 Å². The maximum Gasteiger partial charge on any atom is 0.306 e. The van der Waals surface area contributed by atoms with Crippen molar-refractivity contribution in [3.63, 3.8) is 0 Å². The summed E-state index contributed by atoms with van der Waals surface area (Å²) in [7, 11) is 0. The number of esters is 1. The van der Waals surface area contributed by atoms with Crippen LogP contribution in [0.25, 0.3) is 0 Å². The van der Waals surface area contributed by atoms with Crippen molar-refractivity contribution in [2.75, 3.05) is 13.2 Å². The molecule has 0 radical (unpaired) electrons. The van der Waals surface area contributed by atoms with E-state index in [2.05, 4.69) is 0 Å². The van der Waals surface area contributed by atoms with Crippen molar-refractivity contribution in [3.05, 3.63) is 0 Å². The van der Waals surface area contributed by atoms with Gasteiger partial charge in [0, 0.05) is 6.61 Å². The molecule has 0 aromatic carbocycles. The highest BCUT2D eigenvalue weighted by Gasteiger charge is 2.26. The van der Waals surface area contributed by atoms with Crippen LogP contribution in [-0.2, 0) is 14.3 Å². The van der Waals surface area contributed by atoms with E-state index in [1.54, 1.807) is 0 Å². The molecular weight excluding hydrogens is 156 g/mol. The maximum atomic E-state index is 11.1. The van der Waals surface area contributed by atoms with Crippen molar-refractivity contribution in [1.82, 2.24) is 0 Å². The molecule has 1 saturated heterocycles. The quantitative estimate of drug-likeness (QED) is 0.603. The van der Waals surface area contributed by atoms with E-state index in [1.807, 2.05) is 13.8 Å². The van der Waals surface area contributed by atoms with Gasteiger partial charge in [-0.15, -0.1) is 0 Å². The first-order chi connectivity index (χ1) is 5.74. The lowest BCUT2D eigenvalue weighted by molar-refractivity contribution is -0.144. The number of carbonyl (C=O) groups is 1. The number of ether oxygens (including phenoxy) is 2. The number of rotatable bonds is 3. The summed E-state index contributed by atoms with van der Waals surface area (Å²) in [6, 6.07) is 0. The summed E-state index contributed by atoms with van der Waals surface area (Å²) in [5.41, 5.74) is 0. The minimum atomic E-state index is -0.0974. The fourth-order valence-corrected chi connectivity index (χ4v) is 1.48. The Bertz CT molecular complexity index is 156. The zero-order valence-electron chi connectivity index (χ0n) is 7.71. The molecule has 0 saturated carbocycles. The molecule has 0 bridgehead atoms. The number of carbonyl (C=O) groups excluding carboxylic acids is 1. The van der Waals surface area contributed by atoms with Gasteiger partial charge in [-0.25, -0.2) is 0 Å². The fourth-order valence-electron chi connectivity index (χ4n) is 1.48. The third kappa shape index (κ3) is 2.48. The van der Waals surface area contributed by atoms with Gasteiger partial charge in [0.15, 0.2) is 0 Å². The summed E-state index contributed by atoms with van der Waals surface area (Å²) in [4.78, 5) is 11.1. The monoisotopic (exact) mass is 172 g/mol. The molecule has 70 valence electrons. The van der Waals surface area contributed by atoms with E-state index in [-0.39, 0.29) is 12.1 Å². The molecule has 0 aliphatic carbocycles. The van der Waals surface area contributed by atoms with E-state index in [1.165, 1.54) is 0 Å². The first-order valence-corrected chi connectivity index (χ1v) is 4.51. The normalized spacial score (nSPS) is 28.8. The molecule has 0 aromatic rings. The second-order valence-electron chi connectivity index (χ2n) is 3.13. The Hall–Kier alpha value is -0.570. The third-order valence-corrected chi connectivity index (χ3v) is 2.27. The molecular formula is C9H16O3. The van der Waals surface area contributed by atoms with E-state index in [4.69, 9.17) is 9.47 Å². The zero-order chi connectivity index (χ0) is 8.97. The van der Waals surface area contributed by atoms with Gasteiger partial charge in [0.1, 0.15) is 0 Å². The lowest BCUT2D eigenvalue weighted by Crippen LogP contribution is -2.17. The highest BCUT2D eigenvalue weighted by atomic mass is 16.5. The van der Waals surface area contributed by atoms with Crippen molar-refractivity contribution in [1.29, 1.82) is 0 Å². The topological polar surface area (TPSA) is 35.5 Å². The summed E-state index contributed by atoms with van der Waals surface area (Å²) in [6.07, 6.45) is 1.71. The lowest BCUT2D eigenvalue weighted by atomic mass is 9.99. The Morgan fingerprint density at radius 1 is 1.67 bits per heavy atom. The zero-order valence-corrected chi connectivity index (χ0v) is 7.71. The molecule has 0 N–H and O–H groups in total. The van der Waals surface area contributed by atoms with Gasteiger partial charge in [0.05, 0.1) is 19.1 Å². The van der Waals surface area contributed by atoms with Crippen molar-refractivity contribution < 1.29 is 14.3 Å². The average Bonchev–Trinajstić information content (AvgIpc) is 2.37. The first-order valence-electron chi connectivity index (χ1n) is 4.51. The van der Waals surface area contributed by atoms with Crippen LogP contribution >= 0.6 is 0 Å². The largest absolute Gasteiger partial charge is 0.466 e. The van der Waals surface area contributed by atoms with Gasteiger partial charge >= 0.3 is 5.97 Å². The minimum Gasteiger partial charge on any atom is -0.466 e. The van der Waals surface area contributed by atoms with Crippen molar-refractivity contribution >= 4 is 5.97 Å². The minimum absolute atomic E-state index is 0.0974. The third-order valence-electron chi connectivity index (χ3n) is 2.27.